The molecule has 150 valence electrons. The number of carbonyl (C=O) groups is 1. The highest BCUT2D eigenvalue weighted by Gasteiger charge is 2.26. The first kappa shape index (κ1) is 19.9. The Morgan fingerprint density at radius 2 is 1.57 bits per heavy atom. The standard InChI is InChI=1S/C22H27NO5/c1-25-18-8-5-14(9-19(18)26-2)13-23-22(24)11-16-7-6-15-10-20(27-3)21(28-4)12-17(15)16/h5,8-10,12,16H,6-7,11,13H2,1-4H3,(H,23,24). The summed E-state index contributed by atoms with van der Waals surface area (Å²) in [4.78, 5) is 12.5. The third kappa shape index (κ3) is 4.16. The number of ether oxygens (including phenoxy) is 4. The molecule has 0 bridgehead atoms. The maximum atomic E-state index is 12.5. The lowest BCUT2D eigenvalue weighted by Crippen LogP contribution is -2.24. The number of aryl methyl sites for hydroxylation is 1. The Kier molecular flexibility index (Phi) is 6.29. The molecule has 0 heterocycles. The van der Waals surface area contributed by atoms with Gasteiger partial charge in [0.05, 0.1) is 28.4 Å². The molecule has 0 aromatic heterocycles. The zero-order valence-corrected chi connectivity index (χ0v) is 16.8. The molecule has 1 atom stereocenters. The van der Waals surface area contributed by atoms with Gasteiger partial charge in [0.25, 0.3) is 0 Å². The van der Waals surface area contributed by atoms with Crippen molar-refractivity contribution in [1.29, 1.82) is 0 Å². The normalized spacial score (nSPS) is 14.9. The van der Waals surface area contributed by atoms with E-state index in [9.17, 15) is 4.79 Å². The smallest absolute Gasteiger partial charge is 0.220 e. The Morgan fingerprint density at radius 3 is 2.25 bits per heavy atom. The van der Waals surface area contributed by atoms with Crippen LogP contribution < -0.4 is 24.3 Å². The van der Waals surface area contributed by atoms with Crippen molar-refractivity contribution in [2.75, 3.05) is 28.4 Å². The molecule has 0 fully saturated rings. The number of benzene rings is 2. The number of nitrogens with one attached hydrogen (secondary N) is 1. The average Bonchev–Trinajstić information content (AvgIpc) is 3.12. The maximum absolute atomic E-state index is 12.5. The molecule has 6 nitrogen and oxygen atoms in total. The highest BCUT2D eigenvalue weighted by Crippen LogP contribution is 2.41. The second kappa shape index (κ2) is 8.87. The van der Waals surface area contributed by atoms with Crippen molar-refractivity contribution < 1.29 is 23.7 Å². The van der Waals surface area contributed by atoms with E-state index in [-0.39, 0.29) is 11.8 Å². The van der Waals surface area contributed by atoms with Crippen LogP contribution in [0.15, 0.2) is 30.3 Å². The van der Waals surface area contributed by atoms with Crippen LogP contribution in [0.5, 0.6) is 23.0 Å². The zero-order valence-electron chi connectivity index (χ0n) is 16.8. The second-order valence-corrected chi connectivity index (χ2v) is 6.81. The third-order valence-electron chi connectivity index (χ3n) is 5.22. The highest BCUT2D eigenvalue weighted by molar-refractivity contribution is 5.77. The van der Waals surface area contributed by atoms with Crippen molar-refractivity contribution in [3.05, 3.63) is 47.0 Å². The number of hydrogen-bond donors (Lipinski definition) is 1. The van der Waals surface area contributed by atoms with E-state index in [2.05, 4.69) is 5.32 Å². The van der Waals surface area contributed by atoms with Gasteiger partial charge in [-0.25, -0.2) is 0 Å². The lowest BCUT2D eigenvalue weighted by atomic mass is 9.97. The summed E-state index contributed by atoms with van der Waals surface area (Å²) in [5.74, 6) is 2.99. The van der Waals surface area contributed by atoms with E-state index in [4.69, 9.17) is 18.9 Å². The topological polar surface area (TPSA) is 66.0 Å². The summed E-state index contributed by atoms with van der Waals surface area (Å²) in [6, 6.07) is 9.67. The lowest BCUT2D eigenvalue weighted by Gasteiger charge is -2.15. The molecule has 2 aromatic carbocycles. The molecule has 0 saturated heterocycles. The van der Waals surface area contributed by atoms with Crippen LogP contribution in [-0.4, -0.2) is 34.3 Å². The van der Waals surface area contributed by atoms with Crippen molar-refractivity contribution in [2.45, 2.75) is 31.7 Å². The molecular formula is C22H27NO5. The van der Waals surface area contributed by atoms with E-state index in [1.165, 1.54) is 11.1 Å². The third-order valence-corrected chi connectivity index (χ3v) is 5.22. The van der Waals surface area contributed by atoms with Gasteiger partial charge in [0.1, 0.15) is 0 Å². The summed E-state index contributed by atoms with van der Waals surface area (Å²) < 4.78 is 21.3. The van der Waals surface area contributed by atoms with Crippen molar-refractivity contribution in [1.82, 2.24) is 5.32 Å². The lowest BCUT2D eigenvalue weighted by molar-refractivity contribution is -0.121. The number of methoxy groups -OCH3 is 4. The minimum atomic E-state index is 0.0300. The van der Waals surface area contributed by atoms with Crippen LogP contribution in [0.2, 0.25) is 0 Å². The van der Waals surface area contributed by atoms with Gasteiger partial charge in [-0.1, -0.05) is 6.07 Å². The van der Waals surface area contributed by atoms with Crippen LogP contribution in [-0.2, 0) is 17.8 Å². The van der Waals surface area contributed by atoms with Gasteiger partial charge in [-0.15, -0.1) is 0 Å². The molecule has 1 N–H and O–H groups in total. The summed E-state index contributed by atoms with van der Waals surface area (Å²) >= 11 is 0. The van der Waals surface area contributed by atoms with Gasteiger partial charge < -0.3 is 24.3 Å². The van der Waals surface area contributed by atoms with Gasteiger partial charge in [-0.3, -0.25) is 4.79 Å². The molecule has 6 heteroatoms. The van der Waals surface area contributed by atoms with Crippen LogP contribution >= 0.6 is 0 Å². The van der Waals surface area contributed by atoms with Gasteiger partial charge in [0, 0.05) is 13.0 Å². The summed E-state index contributed by atoms with van der Waals surface area (Å²) in [5, 5.41) is 3.01. The molecule has 1 aliphatic carbocycles. The molecule has 1 unspecified atom stereocenters. The number of hydrogen-bond acceptors (Lipinski definition) is 5. The summed E-state index contributed by atoms with van der Waals surface area (Å²) in [6.45, 7) is 0.449. The predicted molar refractivity (Wildman–Crippen MR) is 107 cm³/mol. The SMILES string of the molecule is COc1ccc(CNC(=O)CC2CCc3cc(OC)c(OC)cc32)cc1OC. The summed E-state index contributed by atoms with van der Waals surface area (Å²) in [7, 11) is 6.46. The van der Waals surface area contributed by atoms with E-state index < -0.39 is 0 Å². The largest absolute Gasteiger partial charge is 0.493 e. The summed E-state index contributed by atoms with van der Waals surface area (Å²) in [6.07, 6.45) is 2.36. The van der Waals surface area contributed by atoms with Crippen molar-refractivity contribution in [3.63, 3.8) is 0 Å². The molecule has 0 spiro atoms. The summed E-state index contributed by atoms with van der Waals surface area (Å²) in [5.41, 5.74) is 3.37. The van der Waals surface area contributed by atoms with Crippen LogP contribution in [0, 0.1) is 0 Å². The predicted octanol–water partition coefficient (Wildman–Crippen LogP) is 3.46. The van der Waals surface area contributed by atoms with E-state index in [1.54, 1.807) is 28.4 Å². The van der Waals surface area contributed by atoms with E-state index >= 15 is 0 Å². The van der Waals surface area contributed by atoms with Gasteiger partial charge in [-0.2, -0.15) is 0 Å². The number of rotatable bonds is 8. The van der Waals surface area contributed by atoms with Crippen molar-refractivity contribution in [2.24, 2.45) is 0 Å². The Labute approximate surface area is 165 Å². The fraction of sp³-hybridized carbons (Fsp3) is 0.409. The fourth-order valence-corrected chi connectivity index (χ4v) is 3.72. The van der Waals surface area contributed by atoms with Gasteiger partial charge in [0.2, 0.25) is 5.91 Å². The average molecular weight is 385 g/mol. The Bertz CT molecular complexity index is 849. The van der Waals surface area contributed by atoms with Crippen molar-refractivity contribution >= 4 is 5.91 Å². The number of fused-ring (bicyclic) bond motifs is 1. The number of carbonyl (C=O) groups excluding carboxylic acids is 1. The van der Waals surface area contributed by atoms with Crippen molar-refractivity contribution in [3.8, 4) is 23.0 Å². The monoisotopic (exact) mass is 385 g/mol. The van der Waals surface area contributed by atoms with E-state index in [1.807, 2.05) is 30.3 Å². The Morgan fingerprint density at radius 1 is 0.929 bits per heavy atom. The maximum Gasteiger partial charge on any atom is 0.220 e. The van der Waals surface area contributed by atoms with Crippen LogP contribution in [0.4, 0.5) is 0 Å². The molecule has 0 radical (unpaired) electrons. The first-order valence-electron chi connectivity index (χ1n) is 9.32. The zero-order chi connectivity index (χ0) is 20.1. The molecule has 1 amide bonds. The first-order valence-corrected chi connectivity index (χ1v) is 9.32. The highest BCUT2D eigenvalue weighted by atomic mass is 16.5. The molecule has 1 aliphatic rings. The van der Waals surface area contributed by atoms with E-state index in [0.29, 0.717) is 30.2 Å². The van der Waals surface area contributed by atoms with Crippen LogP contribution in [0.3, 0.4) is 0 Å². The molecule has 28 heavy (non-hydrogen) atoms. The van der Waals surface area contributed by atoms with Crippen LogP contribution in [0.25, 0.3) is 0 Å². The quantitative estimate of drug-likeness (QED) is 0.754. The van der Waals surface area contributed by atoms with Gasteiger partial charge >= 0.3 is 0 Å². The Hall–Kier alpha value is -2.89. The van der Waals surface area contributed by atoms with Gasteiger partial charge in [-0.05, 0) is 59.7 Å². The fourth-order valence-electron chi connectivity index (χ4n) is 3.72. The molecule has 0 saturated carbocycles. The van der Waals surface area contributed by atoms with Crippen LogP contribution in [0.1, 0.15) is 35.4 Å². The number of amides is 1. The molecule has 2 aromatic rings. The Balaban J connectivity index is 1.63. The molecule has 3 rings (SSSR count). The minimum absolute atomic E-state index is 0.0300. The first-order chi connectivity index (χ1) is 13.6. The molecular weight excluding hydrogens is 358 g/mol. The molecule has 0 aliphatic heterocycles. The van der Waals surface area contributed by atoms with Gasteiger partial charge in [0.15, 0.2) is 23.0 Å². The minimum Gasteiger partial charge on any atom is -0.493 e. The second-order valence-electron chi connectivity index (χ2n) is 6.81. The van der Waals surface area contributed by atoms with E-state index in [0.717, 1.165) is 24.2 Å².